The summed E-state index contributed by atoms with van der Waals surface area (Å²) in [5, 5.41) is 14.1. The zero-order chi connectivity index (χ0) is 33.6. The second-order valence-corrected chi connectivity index (χ2v) is 14.1. The number of hydrogen-bond donors (Lipinski definition) is 0. The number of piperazine rings is 1. The molecule has 2 aromatic heterocycles. The van der Waals surface area contributed by atoms with E-state index in [4.69, 9.17) is 35.5 Å². The molecule has 4 heterocycles. The first-order valence-electron chi connectivity index (χ1n) is 16.5. The third-order valence-electron chi connectivity index (χ3n) is 9.32. The fraction of sp³-hybridized carbons (Fsp3) is 0.405. The molecule has 2 fully saturated rings. The van der Waals surface area contributed by atoms with Gasteiger partial charge in [-0.3, -0.25) is 0 Å². The van der Waals surface area contributed by atoms with Crippen molar-refractivity contribution in [3.05, 3.63) is 59.8 Å². The van der Waals surface area contributed by atoms with Crippen molar-refractivity contribution in [1.82, 2.24) is 19.8 Å². The predicted molar refractivity (Wildman–Crippen MR) is 188 cm³/mol. The molecule has 0 aliphatic carbocycles. The topological polar surface area (TPSA) is 108 Å². The van der Waals surface area contributed by atoms with Crippen molar-refractivity contribution in [3.63, 3.8) is 0 Å². The summed E-state index contributed by atoms with van der Waals surface area (Å²) in [5.74, 6) is 0.643. The zero-order valence-corrected chi connectivity index (χ0v) is 28.5. The van der Waals surface area contributed by atoms with Gasteiger partial charge < -0.3 is 28.6 Å². The Morgan fingerprint density at radius 1 is 1.06 bits per heavy atom. The molecule has 2 atom stereocenters. The number of nitrogens with zero attached hydrogens (tertiary/aromatic N) is 6. The summed E-state index contributed by atoms with van der Waals surface area (Å²) < 4.78 is 18.3. The average Bonchev–Trinajstić information content (AvgIpc) is 3.71. The minimum Gasteiger partial charge on any atom is -0.463 e. The summed E-state index contributed by atoms with van der Waals surface area (Å²) >= 11 is 6.79. The van der Waals surface area contributed by atoms with E-state index in [9.17, 15) is 10.1 Å². The van der Waals surface area contributed by atoms with Crippen LogP contribution in [0, 0.1) is 11.3 Å². The molecule has 2 saturated heterocycles. The van der Waals surface area contributed by atoms with E-state index < -0.39 is 17.7 Å². The number of hydrogen-bond acceptors (Lipinski definition) is 9. The van der Waals surface area contributed by atoms with Crippen LogP contribution in [-0.4, -0.2) is 83.4 Å². The van der Waals surface area contributed by atoms with Crippen LogP contribution >= 0.6 is 11.6 Å². The molecule has 11 heteroatoms. The van der Waals surface area contributed by atoms with Crippen LogP contribution in [-0.2, 0) is 4.74 Å². The summed E-state index contributed by atoms with van der Waals surface area (Å²) in [6.45, 7) is 8.25. The molecule has 0 N–H and O–H groups in total. The Morgan fingerprint density at radius 3 is 2.62 bits per heavy atom. The van der Waals surface area contributed by atoms with Gasteiger partial charge in [-0.1, -0.05) is 41.9 Å². The van der Waals surface area contributed by atoms with Gasteiger partial charge in [0.05, 0.1) is 35.7 Å². The van der Waals surface area contributed by atoms with Crippen LogP contribution in [0.4, 0.5) is 10.6 Å². The van der Waals surface area contributed by atoms with E-state index >= 15 is 0 Å². The summed E-state index contributed by atoms with van der Waals surface area (Å²) in [6, 6.07) is 18.5. The van der Waals surface area contributed by atoms with Gasteiger partial charge in [-0.2, -0.15) is 15.2 Å². The lowest BCUT2D eigenvalue weighted by molar-refractivity contribution is 0.0145. The van der Waals surface area contributed by atoms with Gasteiger partial charge >= 0.3 is 12.1 Å². The van der Waals surface area contributed by atoms with Crippen LogP contribution in [0.25, 0.3) is 43.8 Å². The highest BCUT2D eigenvalue weighted by atomic mass is 35.5. The lowest BCUT2D eigenvalue weighted by Gasteiger charge is -2.41. The maximum absolute atomic E-state index is 13.2. The van der Waals surface area contributed by atoms with Crippen molar-refractivity contribution in [2.45, 2.75) is 57.7 Å². The van der Waals surface area contributed by atoms with Crippen LogP contribution < -0.4 is 9.64 Å². The number of amides is 1. The lowest BCUT2D eigenvalue weighted by Crippen LogP contribution is -2.56. The molecular formula is C37H39ClN6O4. The number of furan rings is 1. The van der Waals surface area contributed by atoms with E-state index in [0.29, 0.717) is 48.2 Å². The summed E-state index contributed by atoms with van der Waals surface area (Å²) in [7, 11) is 2.11. The Labute approximate surface area is 284 Å². The number of nitriles is 1. The Balaban J connectivity index is 1.36. The number of carbonyl (C=O) groups excluding carboxylic acids is 1. The highest BCUT2D eigenvalue weighted by Crippen LogP contribution is 2.43. The van der Waals surface area contributed by atoms with Crippen molar-refractivity contribution >= 4 is 56.2 Å². The first-order valence-corrected chi connectivity index (χ1v) is 16.8. The van der Waals surface area contributed by atoms with Gasteiger partial charge in [-0.15, -0.1) is 0 Å². The predicted octanol–water partition coefficient (Wildman–Crippen LogP) is 7.66. The van der Waals surface area contributed by atoms with Crippen LogP contribution in [0.15, 0.2) is 59.2 Å². The molecule has 0 radical (unpaired) electrons. The first kappa shape index (κ1) is 32.0. The van der Waals surface area contributed by atoms with E-state index in [0.717, 1.165) is 52.1 Å². The average molecular weight is 667 g/mol. The van der Waals surface area contributed by atoms with E-state index in [1.54, 1.807) is 11.2 Å². The Hall–Kier alpha value is -4.59. The molecule has 5 aromatic rings. The first-order chi connectivity index (χ1) is 23.1. The lowest BCUT2D eigenvalue weighted by atomic mass is 9.94. The Kier molecular flexibility index (Phi) is 8.52. The third-order valence-corrected chi connectivity index (χ3v) is 9.63. The number of carbonyl (C=O) groups is 1. The maximum Gasteiger partial charge on any atom is 0.410 e. The van der Waals surface area contributed by atoms with E-state index in [1.165, 1.54) is 0 Å². The van der Waals surface area contributed by atoms with Gasteiger partial charge in [-0.05, 0) is 81.9 Å². The van der Waals surface area contributed by atoms with Gasteiger partial charge in [-0.25, -0.2) is 4.79 Å². The van der Waals surface area contributed by atoms with Crippen molar-refractivity contribution < 1.29 is 18.7 Å². The number of halogens is 1. The number of likely N-dealkylation sites (N-methyl/N-ethyl adjacent to an activating group) is 1. The molecule has 0 unspecified atom stereocenters. The van der Waals surface area contributed by atoms with Gasteiger partial charge in [0, 0.05) is 41.5 Å². The quantitative estimate of drug-likeness (QED) is 0.180. The molecule has 1 amide bonds. The molecular weight excluding hydrogens is 628 g/mol. The molecule has 2 aliphatic heterocycles. The van der Waals surface area contributed by atoms with Crippen molar-refractivity contribution in [3.8, 4) is 23.2 Å². The SMILES string of the molecule is CN1CCC[C@H]1COc1nc(N2CCN(C(=O)OC(C)(C)C)[C@@H](CC#N)C2)c2c(cc(-c3cccc4cccc(Cl)c34)c3ccoc32)n1. The number of ether oxygens (including phenoxy) is 2. The molecule has 7 rings (SSSR count). The highest BCUT2D eigenvalue weighted by molar-refractivity contribution is 6.37. The minimum atomic E-state index is -0.648. The number of benzene rings is 3. The highest BCUT2D eigenvalue weighted by Gasteiger charge is 2.35. The monoisotopic (exact) mass is 666 g/mol. The van der Waals surface area contributed by atoms with Gasteiger partial charge in [0.2, 0.25) is 0 Å². The van der Waals surface area contributed by atoms with E-state index in [-0.39, 0.29) is 18.5 Å². The Morgan fingerprint density at radius 2 is 1.88 bits per heavy atom. The normalized spacial score (nSPS) is 18.9. The zero-order valence-electron chi connectivity index (χ0n) is 27.7. The van der Waals surface area contributed by atoms with Crippen molar-refractivity contribution in [1.29, 1.82) is 5.26 Å². The molecule has 10 nitrogen and oxygen atoms in total. The minimum absolute atomic E-state index is 0.151. The second-order valence-electron chi connectivity index (χ2n) is 13.7. The number of aromatic nitrogens is 2. The van der Waals surface area contributed by atoms with Gasteiger partial charge in [0.1, 0.15) is 23.6 Å². The maximum atomic E-state index is 13.2. The fourth-order valence-electron chi connectivity index (χ4n) is 6.98. The third kappa shape index (κ3) is 6.09. The molecule has 248 valence electrons. The summed E-state index contributed by atoms with van der Waals surface area (Å²) in [4.78, 5) is 29.2. The smallest absolute Gasteiger partial charge is 0.410 e. The van der Waals surface area contributed by atoms with Gasteiger partial charge in [0.15, 0.2) is 0 Å². The largest absolute Gasteiger partial charge is 0.463 e. The van der Waals surface area contributed by atoms with Crippen LogP contribution in [0.5, 0.6) is 6.01 Å². The number of fused-ring (bicyclic) bond motifs is 4. The Bertz CT molecular complexity index is 2040. The number of rotatable bonds is 6. The van der Waals surface area contributed by atoms with E-state index in [1.807, 2.05) is 45.0 Å². The van der Waals surface area contributed by atoms with E-state index in [2.05, 4.69) is 47.2 Å². The van der Waals surface area contributed by atoms with Crippen molar-refractivity contribution in [2.75, 3.05) is 44.7 Å². The molecule has 2 aliphatic rings. The van der Waals surface area contributed by atoms with Crippen LogP contribution in [0.1, 0.15) is 40.0 Å². The summed E-state index contributed by atoms with van der Waals surface area (Å²) in [6.07, 6.45) is 3.59. The van der Waals surface area contributed by atoms with Gasteiger partial charge in [0.25, 0.3) is 0 Å². The van der Waals surface area contributed by atoms with Crippen molar-refractivity contribution in [2.24, 2.45) is 0 Å². The second kappa shape index (κ2) is 12.8. The van der Waals surface area contributed by atoms with Crippen LogP contribution in [0.3, 0.4) is 0 Å². The molecule has 0 saturated carbocycles. The molecule has 0 spiro atoms. The number of likely N-dealkylation sites (tertiary alicyclic amines) is 1. The van der Waals surface area contributed by atoms with Crippen LogP contribution in [0.2, 0.25) is 5.02 Å². The number of anilines is 1. The fourth-order valence-corrected chi connectivity index (χ4v) is 7.27. The standard InChI is InChI=1S/C37H39ClN6O4/c1-37(2,3)48-36(45)44-18-17-43(21-24(44)13-15-39)34-32-30(40-35(41-34)47-22-25-10-7-16-42(25)4)20-28(27-14-19-46-33(27)32)26-11-5-8-23-9-6-12-29(38)31(23)26/h5-6,8-9,11-12,14,19-20,24-25H,7,10,13,16-18,21-22H2,1-4H3/t24-,25-/m0/s1. The molecule has 0 bridgehead atoms. The molecule has 48 heavy (non-hydrogen) atoms. The summed E-state index contributed by atoms with van der Waals surface area (Å²) in [5.41, 5.74) is 2.58. The molecule has 3 aromatic carbocycles.